The minimum atomic E-state index is -0.229. The maximum atomic E-state index is 12.5. The van der Waals surface area contributed by atoms with Crippen molar-refractivity contribution in [3.05, 3.63) is 47.5 Å². The number of para-hydroxylation sites is 1. The third-order valence-corrected chi connectivity index (χ3v) is 4.50. The van der Waals surface area contributed by atoms with Gasteiger partial charge in [-0.2, -0.15) is 0 Å². The van der Waals surface area contributed by atoms with E-state index in [1.54, 1.807) is 25.3 Å². The molecule has 0 atom stereocenters. The van der Waals surface area contributed by atoms with Crippen LogP contribution in [0.5, 0.6) is 11.5 Å². The minimum absolute atomic E-state index is 0.229. The smallest absolute Gasteiger partial charge is 0.257 e. The van der Waals surface area contributed by atoms with Gasteiger partial charge in [-0.25, -0.2) is 4.98 Å². The van der Waals surface area contributed by atoms with Gasteiger partial charge in [0.25, 0.3) is 5.91 Å². The number of amides is 1. The van der Waals surface area contributed by atoms with Crippen molar-refractivity contribution in [3.63, 3.8) is 0 Å². The van der Waals surface area contributed by atoms with Crippen molar-refractivity contribution < 1.29 is 14.3 Å². The van der Waals surface area contributed by atoms with Crippen molar-refractivity contribution in [1.82, 2.24) is 4.98 Å². The van der Waals surface area contributed by atoms with Crippen LogP contribution in [0, 0.1) is 6.92 Å². The Bertz CT molecular complexity index is 889. The van der Waals surface area contributed by atoms with Gasteiger partial charge < -0.3 is 9.47 Å². The van der Waals surface area contributed by atoms with Crippen LogP contribution in [0.4, 0.5) is 5.13 Å². The summed E-state index contributed by atoms with van der Waals surface area (Å²) < 4.78 is 11.8. The van der Waals surface area contributed by atoms with E-state index in [9.17, 15) is 4.79 Å². The Kier molecular flexibility index (Phi) is 4.66. The first-order valence-corrected chi connectivity index (χ1v) is 8.42. The summed E-state index contributed by atoms with van der Waals surface area (Å²) in [5, 5.41) is 3.43. The molecule has 0 fully saturated rings. The number of thiazole rings is 1. The highest BCUT2D eigenvalue weighted by atomic mass is 32.1. The second-order valence-electron chi connectivity index (χ2n) is 5.19. The minimum Gasteiger partial charge on any atom is -0.493 e. The third kappa shape index (κ3) is 3.19. The lowest BCUT2D eigenvalue weighted by atomic mass is 10.2. The number of methoxy groups -OCH3 is 1. The molecule has 0 bridgehead atoms. The third-order valence-electron chi connectivity index (χ3n) is 3.57. The van der Waals surface area contributed by atoms with E-state index in [-0.39, 0.29) is 5.91 Å². The quantitative estimate of drug-likeness (QED) is 0.752. The molecule has 1 heterocycles. The van der Waals surface area contributed by atoms with Crippen molar-refractivity contribution in [1.29, 1.82) is 0 Å². The fourth-order valence-corrected chi connectivity index (χ4v) is 3.33. The Hall–Kier alpha value is -2.60. The number of fused-ring (bicyclic) bond motifs is 1. The number of anilines is 1. The molecule has 0 radical (unpaired) electrons. The normalized spacial score (nSPS) is 10.6. The molecule has 0 saturated heterocycles. The lowest BCUT2D eigenvalue weighted by Crippen LogP contribution is -2.12. The summed E-state index contributed by atoms with van der Waals surface area (Å²) in [6, 6.07) is 11.1. The zero-order chi connectivity index (χ0) is 17.1. The van der Waals surface area contributed by atoms with Gasteiger partial charge in [-0.05, 0) is 43.7 Å². The number of rotatable bonds is 5. The Morgan fingerprint density at radius 1 is 1.25 bits per heavy atom. The Balaban J connectivity index is 1.84. The highest BCUT2D eigenvalue weighted by Crippen LogP contribution is 2.30. The highest BCUT2D eigenvalue weighted by molar-refractivity contribution is 7.22. The van der Waals surface area contributed by atoms with Gasteiger partial charge in [0.1, 0.15) is 0 Å². The topological polar surface area (TPSA) is 60.5 Å². The molecule has 1 N–H and O–H groups in total. The second-order valence-corrected chi connectivity index (χ2v) is 6.22. The first-order chi connectivity index (χ1) is 11.6. The molecule has 0 spiro atoms. The van der Waals surface area contributed by atoms with Crippen LogP contribution in [0.25, 0.3) is 10.2 Å². The first kappa shape index (κ1) is 16.3. The van der Waals surface area contributed by atoms with E-state index in [0.717, 1.165) is 15.8 Å². The maximum absolute atomic E-state index is 12.5. The molecule has 0 aliphatic carbocycles. The van der Waals surface area contributed by atoms with E-state index in [1.807, 2.05) is 32.0 Å². The molecule has 0 saturated carbocycles. The number of aromatic nitrogens is 1. The standard InChI is InChI=1S/C18H18N2O3S/c1-4-23-13-9-8-12(10-14(13)22-3)17(21)20-18-19-16-11(2)6-5-7-15(16)24-18/h5-10H,4H2,1-3H3,(H,19,20,21). The van der Waals surface area contributed by atoms with Gasteiger partial charge in [0.2, 0.25) is 0 Å². The van der Waals surface area contributed by atoms with Gasteiger partial charge in [-0.1, -0.05) is 23.5 Å². The first-order valence-electron chi connectivity index (χ1n) is 7.60. The van der Waals surface area contributed by atoms with Crippen molar-refractivity contribution in [2.24, 2.45) is 0 Å². The highest BCUT2D eigenvalue weighted by Gasteiger charge is 2.13. The fourth-order valence-electron chi connectivity index (χ4n) is 2.39. The molecule has 5 nitrogen and oxygen atoms in total. The van der Waals surface area contributed by atoms with Gasteiger partial charge in [0.05, 0.1) is 23.9 Å². The van der Waals surface area contributed by atoms with Gasteiger partial charge in [-0.15, -0.1) is 0 Å². The maximum Gasteiger partial charge on any atom is 0.257 e. The number of nitrogens with one attached hydrogen (secondary N) is 1. The van der Waals surface area contributed by atoms with Crippen LogP contribution in [-0.2, 0) is 0 Å². The molecule has 1 amide bonds. The molecular formula is C18H18N2O3S. The van der Waals surface area contributed by atoms with Gasteiger partial charge in [-0.3, -0.25) is 10.1 Å². The summed E-state index contributed by atoms with van der Waals surface area (Å²) >= 11 is 1.46. The summed E-state index contributed by atoms with van der Waals surface area (Å²) in [7, 11) is 1.55. The zero-order valence-electron chi connectivity index (χ0n) is 13.8. The SMILES string of the molecule is CCOc1ccc(C(=O)Nc2nc3c(C)cccc3s2)cc1OC. The van der Waals surface area contributed by atoms with Crippen LogP contribution in [0.2, 0.25) is 0 Å². The molecule has 1 aromatic heterocycles. The van der Waals surface area contributed by atoms with Crippen LogP contribution in [-0.4, -0.2) is 24.6 Å². The zero-order valence-corrected chi connectivity index (χ0v) is 14.6. The molecule has 0 unspecified atom stereocenters. The number of ether oxygens (including phenoxy) is 2. The number of aryl methyl sites for hydroxylation is 1. The summed E-state index contributed by atoms with van der Waals surface area (Å²) in [6.45, 7) is 4.44. The van der Waals surface area contributed by atoms with Crippen molar-refractivity contribution in [2.75, 3.05) is 19.0 Å². The van der Waals surface area contributed by atoms with Crippen LogP contribution in [0.3, 0.4) is 0 Å². The van der Waals surface area contributed by atoms with Gasteiger partial charge in [0, 0.05) is 5.56 Å². The monoisotopic (exact) mass is 342 g/mol. The van der Waals surface area contributed by atoms with Gasteiger partial charge in [0.15, 0.2) is 16.6 Å². The van der Waals surface area contributed by atoms with Crippen LogP contribution in [0.1, 0.15) is 22.8 Å². The molecule has 0 aliphatic rings. The number of carbonyl (C=O) groups is 1. The Labute approximate surface area is 144 Å². The fraction of sp³-hybridized carbons (Fsp3) is 0.222. The number of carbonyl (C=O) groups excluding carboxylic acids is 1. The van der Waals surface area contributed by atoms with Gasteiger partial charge >= 0.3 is 0 Å². The van der Waals surface area contributed by atoms with Crippen LogP contribution >= 0.6 is 11.3 Å². The summed E-state index contributed by atoms with van der Waals surface area (Å²) in [5.41, 5.74) is 2.50. The lowest BCUT2D eigenvalue weighted by molar-refractivity contribution is 0.102. The molecule has 2 aromatic carbocycles. The van der Waals surface area contributed by atoms with Crippen LogP contribution in [0.15, 0.2) is 36.4 Å². The Morgan fingerprint density at radius 3 is 2.79 bits per heavy atom. The number of hydrogen-bond acceptors (Lipinski definition) is 5. The Morgan fingerprint density at radius 2 is 2.08 bits per heavy atom. The van der Waals surface area contributed by atoms with Crippen LogP contribution < -0.4 is 14.8 Å². The summed E-state index contributed by atoms with van der Waals surface area (Å²) in [4.78, 5) is 17.0. The molecule has 6 heteroatoms. The van der Waals surface area contributed by atoms with E-state index in [4.69, 9.17) is 9.47 Å². The number of benzene rings is 2. The second kappa shape index (κ2) is 6.88. The number of hydrogen-bond donors (Lipinski definition) is 1. The van der Waals surface area contributed by atoms with E-state index in [0.29, 0.717) is 28.8 Å². The molecule has 0 aliphatic heterocycles. The molecule has 24 heavy (non-hydrogen) atoms. The average Bonchev–Trinajstić information content (AvgIpc) is 2.99. The summed E-state index contributed by atoms with van der Waals surface area (Å²) in [5.74, 6) is 0.921. The molecule has 3 aromatic rings. The van der Waals surface area contributed by atoms with E-state index in [1.165, 1.54) is 11.3 Å². The lowest BCUT2D eigenvalue weighted by Gasteiger charge is -2.10. The summed E-state index contributed by atoms with van der Waals surface area (Å²) in [6.07, 6.45) is 0. The van der Waals surface area contributed by atoms with E-state index < -0.39 is 0 Å². The van der Waals surface area contributed by atoms with E-state index >= 15 is 0 Å². The average molecular weight is 342 g/mol. The molecular weight excluding hydrogens is 324 g/mol. The van der Waals surface area contributed by atoms with E-state index in [2.05, 4.69) is 10.3 Å². The predicted molar refractivity (Wildman–Crippen MR) is 96.5 cm³/mol. The molecule has 124 valence electrons. The van der Waals surface area contributed by atoms with Crippen molar-refractivity contribution in [2.45, 2.75) is 13.8 Å². The number of nitrogens with zero attached hydrogens (tertiary/aromatic N) is 1. The molecule has 3 rings (SSSR count). The van der Waals surface area contributed by atoms with Crippen molar-refractivity contribution >= 4 is 32.6 Å². The predicted octanol–water partition coefficient (Wildman–Crippen LogP) is 4.26. The largest absolute Gasteiger partial charge is 0.493 e. The van der Waals surface area contributed by atoms with Crippen molar-refractivity contribution in [3.8, 4) is 11.5 Å².